The maximum absolute atomic E-state index is 13.1. The highest BCUT2D eigenvalue weighted by Crippen LogP contribution is 2.22. The molecule has 0 saturated heterocycles. The number of rotatable bonds is 4. The minimum absolute atomic E-state index is 0.0752. The number of ether oxygens (including phenoxy) is 1. The van der Waals surface area contributed by atoms with Crippen molar-refractivity contribution in [3.05, 3.63) is 29.8 Å². The fraction of sp³-hybridized carbons (Fsp3) is 0.455. The number of thiol groups is 1. The summed E-state index contributed by atoms with van der Waals surface area (Å²) in [5.74, 6) is -0.569. The molecule has 0 N–H and O–H groups in total. The van der Waals surface area contributed by atoms with Crippen LogP contribution in [0.2, 0.25) is 0 Å². The Morgan fingerprint density at radius 3 is 2.53 bits per heavy atom. The predicted molar refractivity (Wildman–Crippen MR) is 59.5 cm³/mol. The summed E-state index contributed by atoms with van der Waals surface area (Å²) in [4.78, 5) is 0. The van der Waals surface area contributed by atoms with Crippen LogP contribution in [0, 0.1) is 17.0 Å². The van der Waals surface area contributed by atoms with Gasteiger partial charge in [0.05, 0.1) is 6.61 Å². The fourth-order valence-corrected chi connectivity index (χ4v) is 1.00. The van der Waals surface area contributed by atoms with Gasteiger partial charge in [-0.15, -0.1) is 0 Å². The van der Waals surface area contributed by atoms with Crippen LogP contribution < -0.4 is 4.74 Å². The molecule has 4 heteroatoms. The van der Waals surface area contributed by atoms with Gasteiger partial charge in [-0.3, -0.25) is 0 Å². The summed E-state index contributed by atoms with van der Waals surface area (Å²) >= 11 is 4.16. The number of hydrogen-bond donors (Lipinski definition) is 1. The average Bonchev–Trinajstić information content (AvgIpc) is 2.16. The molecule has 0 atom stereocenters. The summed E-state index contributed by atoms with van der Waals surface area (Å²) in [6.07, 6.45) is 0. The normalized spacial score (nSPS) is 11.5. The summed E-state index contributed by atoms with van der Waals surface area (Å²) in [6.45, 7) is 4.27. The zero-order valence-electron chi connectivity index (χ0n) is 8.76. The number of halogens is 2. The third-order valence-electron chi connectivity index (χ3n) is 1.94. The molecule has 0 bridgehead atoms. The summed E-state index contributed by atoms with van der Waals surface area (Å²) in [6, 6.07) is 3.27. The van der Waals surface area contributed by atoms with Crippen LogP contribution in [0.5, 0.6) is 5.75 Å². The van der Waals surface area contributed by atoms with E-state index in [1.165, 1.54) is 12.1 Å². The van der Waals surface area contributed by atoms with E-state index in [0.29, 0.717) is 12.4 Å². The molecule has 1 aromatic carbocycles. The molecule has 0 spiro atoms. The number of hydrogen-bond acceptors (Lipinski definition) is 2. The molecule has 1 rings (SSSR count). The molecular weight excluding hydrogens is 218 g/mol. The van der Waals surface area contributed by atoms with Crippen LogP contribution in [-0.2, 0) is 0 Å². The fourth-order valence-electron chi connectivity index (χ4n) is 0.911. The maximum Gasteiger partial charge on any atom is 0.167 e. The van der Waals surface area contributed by atoms with Crippen molar-refractivity contribution in [3.8, 4) is 5.75 Å². The Bertz CT molecular complexity index is 339. The van der Waals surface area contributed by atoms with Gasteiger partial charge in [0.1, 0.15) is 5.82 Å². The first-order valence-corrected chi connectivity index (χ1v) is 5.26. The lowest BCUT2D eigenvalue weighted by Crippen LogP contribution is -2.23. The van der Waals surface area contributed by atoms with Gasteiger partial charge in [-0.2, -0.15) is 12.6 Å². The second-order valence-electron chi connectivity index (χ2n) is 4.19. The first kappa shape index (κ1) is 12.3. The van der Waals surface area contributed by atoms with E-state index >= 15 is 0 Å². The molecule has 0 saturated carbocycles. The SMILES string of the molecule is CC(C)(CS)COc1ccc(F)cc1F. The van der Waals surface area contributed by atoms with Gasteiger partial charge in [-0.25, -0.2) is 8.78 Å². The highest BCUT2D eigenvalue weighted by molar-refractivity contribution is 7.80. The lowest BCUT2D eigenvalue weighted by Gasteiger charge is -2.22. The highest BCUT2D eigenvalue weighted by Gasteiger charge is 2.17. The Morgan fingerprint density at radius 1 is 1.33 bits per heavy atom. The molecule has 0 fully saturated rings. The Balaban J connectivity index is 2.66. The summed E-state index contributed by atoms with van der Waals surface area (Å²) < 4.78 is 31.0. The molecule has 0 aliphatic heterocycles. The van der Waals surface area contributed by atoms with Crippen LogP contribution in [0.3, 0.4) is 0 Å². The van der Waals surface area contributed by atoms with E-state index in [-0.39, 0.29) is 11.2 Å². The lowest BCUT2D eigenvalue weighted by molar-refractivity contribution is 0.195. The second-order valence-corrected chi connectivity index (χ2v) is 4.50. The van der Waals surface area contributed by atoms with Gasteiger partial charge in [-0.05, 0) is 17.9 Å². The van der Waals surface area contributed by atoms with Gasteiger partial charge in [0.25, 0.3) is 0 Å². The first-order valence-electron chi connectivity index (χ1n) is 4.63. The molecule has 0 unspecified atom stereocenters. The molecule has 0 heterocycles. The molecule has 1 nitrogen and oxygen atoms in total. The van der Waals surface area contributed by atoms with Gasteiger partial charge < -0.3 is 4.74 Å². The summed E-state index contributed by atoms with van der Waals surface area (Å²) in [7, 11) is 0. The molecule has 0 aromatic heterocycles. The van der Waals surface area contributed by atoms with Gasteiger partial charge in [0, 0.05) is 11.5 Å². The monoisotopic (exact) mass is 232 g/mol. The minimum atomic E-state index is -0.676. The highest BCUT2D eigenvalue weighted by atomic mass is 32.1. The molecule has 84 valence electrons. The van der Waals surface area contributed by atoms with E-state index in [1.54, 1.807) is 0 Å². The third kappa shape index (κ3) is 3.70. The zero-order chi connectivity index (χ0) is 11.5. The van der Waals surface area contributed by atoms with Crippen molar-refractivity contribution in [3.63, 3.8) is 0 Å². The van der Waals surface area contributed by atoms with Crippen LogP contribution in [-0.4, -0.2) is 12.4 Å². The number of benzene rings is 1. The van der Waals surface area contributed by atoms with Gasteiger partial charge in [0.15, 0.2) is 11.6 Å². The van der Waals surface area contributed by atoms with E-state index in [0.717, 1.165) is 6.07 Å². The quantitative estimate of drug-likeness (QED) is 0.784. The Morgan fingerprint density at radius 2 is 2.00 bits per heavy atom. The van der Waals surface area contributed by atoms with E-state index in [9.17, 15) is 8.78 Å². The van der Waals surface area contributed by atoms with Crippen molar-refractivity contribution in [1.29, 1.82) is 0 Å². The van der Waals surface area contributed by atoms with Crippen LogP contribution in [0.25, 0.3) is 0 Å². The van der Waals surface area contributed by atoms with Crippen LogP contribution in [0.4, 0.5) is 8.78 Å². The Labute approximate surface area is 93.9 Å². The van der Waals surface area contributed by atoms with Gasteiger partial charge >= 0.3 is 0 Å². The standard InChI is InChI=1S/C11H14F2OS/c1-11(2,7-15)6-14-10-4-3-8(12)5-9(10)13/h3-5,15H,6-7H2,1-2H3. The zero-order valence-corrected chi connectivity index (χ0v) is 9.65. The van der Waals surface area contributed by atoms with Crippen molar-refractivity contribution in [2.75, 3.05) is 12.4 Å². The molecule has 0 amide bonds. The Hall–Kier alpha value is -0.770. The first-order chi connectivity index (χ1) is 6.94. The van der Waals surface area contributed by atoms with Crippen molar-refractivity contribution >= 4 is 12.6 Å². The molecule has 0 radical (unpaired) electrons. The summed E-state index contributed by atoms with van der Waals surface area (Å²) in [5.41, 5.74) is -0.135. The molecule has 0 aliphatic rings. The van der Waals surface area contributed by atoms with E-state index in [1.807, 2.05) is 13.8 Å². The van der Waals surface area contributed by atoms with Crippen LogP contribution >= 0.6 is 12.6 Å². The lowest BCUT2D eigenvalue weighted by atomic mass is 9.98. The van der Waals surface area contributed by atoms with Crippen LogP contribution in [0.1, 0.15) is 13.8 Å². The second kappa shape index (κ2) is 4.84. The maximum atomic E-state index is 13.1. The van der Waals surface area contributed by atoms with Crippen LogP contribution in [0.15, 0.2) is 18.2 Å². The molecular formula is C11H14F2OS. The van der Waals surface area contributed by atoms with E-state index in [2.05, 4.69) is 12.6 Å². The average molecular weight is 232 g/mol. The Kier molecular flexibility index (Phi) is 3.97. The van der Waals surface area contributed by atoms with Crippen molar-refractivity contribution < 1.29 is 13.5 Å². The third-order valence-corrected chi connectivity index (χ3v) is 2.80. The smallest absolute Gasteiger partial charge is 0.167 e. The predicted octanol–water partition coefficient (Wildman–Crippen LogP) is 3.30. The van der Waals surface area contributed by atoms with Crippen molar-refractivity contribution in [1.82, 2.24) is 0 Å². The molecule has 15 heavy (non-hydrogen) atoms. The summed E-state index contributed by atoms with van der Waals surface area (Å²) in [5, 5.41) is 0. The van der Waals surface area contributed by atoms with E-state index < -0.39 is 11.6 Å². The van der Waals surface area contributed by atoms with Crippen molar-refractivity contribution in [2.24, 2.45) is 5.41 Å². The van der Waals surface area contributed by atoms with Crippen molar-refractivity contribution in [2.45, 2.75) is 13.8 Å². The van der Waals surface area contributed by atoms with Gasteiger partial charge in [0.2, 0.25) is 0 Å². The van der Waals surface area contributed by atoms with Gasteiger partial charge in [-0.1, -0.05) is 13.8 Å². The molecule has 0 aliphatic carbocycles. The molecule has 1 aromatic rings. The minimum Gasteiger partial charge on any atom is -0.490 e. The largest absolute Gasteiger partial charge is 0.490 e. The topological polar surface area (TPSA) is 9.23 Å². The van der Waals surface area contributed by atoms with E-state index in [4.69, 9.17) is 4.74 Å².